The molecule has 27 heavy (non-hydrogen) atoms. The minimum absolute atomic E-state index is 0.00135. The molecule has 0 saturated carbocycles. The number of nitrogens with zero attached hydrogens (tertiary/aromatic N) is 4. The number of hydrogen-bond acceptors (Lipinski definition) is 6. The maximum atomic E-state index is 12.4. The highest BCUT2D eigenvalue weighted by Gasteiger charge is 2.36. The normalized spacial score (nSPS) is 13.4. The van der Waals surface area contributed by atoms with Gasteiger partial charge in [-0.3, -0.25) is 9.59 Å². The molecule has 3 heterocycles. The molecule has 130 valence electrons. The van der Waals surface area contributed by atoms with E-state index in [0.29, 0.717) is 11.5 Å². The summed E-state index contributed by atoms with van der Waals surface area (Å²) in [6, 6.07) is 11.5. The van der Waals surface area contributed by atoms with Gasteiger partial charge in [-0.05, 0) is 6.08 Å². The maximum Gasteiger partial charge on any atom is 0.245 e. The van der Waals surface area contributed by atoms with Gasteiger partial charge in [0.25, 0.3) is 0 Å². The Morgan fingerprint density at radius 2 is 1.67 bits per heavy atom. The first-order valence-corrected chi connectivity index (χ1v) is 8.27. The zero-order valence-corrected chi connectivity index (χ0v) is 14.2. The van der Waals surface area contributed by atoms with Gasteiger partial charge in [0.05, 0.1) is 5.57 Å². The molecule has 0 saturated heterocycles. The highest BCUT2D eigenvalue weighted by atomic mass is 16.3. The van der Waals surface area contributed by atoms with Crippen LogP contribution in [0.3, 0.4) is 0 Å². The van der Waals surface area contributed by atoms with Crippen molar-refractivity contribution in [1.82, 2.24) is 19.5 Å². The van der Waals surface area contributed by atoms with Crippen molar-refractivity contribution >= 4 is 28.9 Å². The topological polar surface area (TPSA) is 90.9 Å². The van der Waals surface area contributed by atoms with Crippen LogP contribution in [0.5, 0.6) is 0 Å². The quantitative estimate of drug-likeness (QED) is 0.405. The summed E-state index contributed by atoms with van der Waals surface area (Å²) in [7, 11) is 1.89. The molecule has 0 unspecified atom stereocenters. The molecule has 4 aromatic rings. The van der Waals surface area contributed by atoms with E-state index in [2.05, 4.69) is 15.0 Å². The zero-order valence-electron chi connectivity index (χ0n) is 14.2. The Labute approximate surface area is 153 Å². The number of Topliss-reactive ketones (excluding diaryl/α,β-unsaturated/α-hetero) is 2. The number of rotatable bonds is 2. The maximum absolute atomic E-state index is 12.4. The molecule has 0 aliphatic heterocycles. The van der Waals surface area contributed by atoms with E-state index < -0.39 is 11.6 Å². The molecule has 7 heteroatoms. The molecule has 7 nitrogen and oxygen atoms in total. The van der Waals surface area contributed by atoms with Crippen molar-refractivity contribution in [3.05, 3.63) is 71.5 Å². The van der Waals surface area contributed by atoms with Crippen molar-refractivity contribution in [3.8, 4) is 11.4 Å². The van der Waals surface area contributed by atoms with E-state index in [4.69, 9.17) is 4.42 Å². The van der Waals surface area contributed by atoms with Crippen molar-refractivity contribution in [1.29, 1.82) is 0 Å². The first-order chi connectivity index (χ1) is 13.1. The van der Waals surface area contributed by atoms with Crippen molar-refractivity contribution < 1.29 is 14.0 Å². The SMILES string of the molecule is Cn1c(-c2ccccc2)nc2oc(C=C3C(=O)c4nccnc4C3=O)cc21. The van der Waals surface area contributed by atoms with E-state index >= 15 is 0 Å². The molecular weight excluding hydrogens is 344 g/mol. The standard InChI is InChI=1S/C20H12N4O3/c1-24-14-10-12(27-20(14)23-19(24)11-5-3-2-4-6-11)9-13-17(25)15-16(18(13)26)22-8-7-21-15/h2-10H,1H3. The van der Waals surface area contributed by atoms with Gasteiger partial charge in [-0.2, -0.15) is 4.98 Å². The molecule has 0 atom stereocenters. The lowest BCUT2D eigenvalue weighted by atomic mass is 10.1. The van der Waals surface area contributed by atoms with E-state index in [0.717, 1.165) is 16.9 Å². The Morgan fingerprint density at radius 3 is 2.30 bits per heavy atom. The van der Waals surface area contributed by atoms with Crippen LogP contribution in [-0.2, 0) is 7.05 Å². The Hall–Kier alpha value is -3.87. The Bertz CT molecular complexity index is 1230. The number of imidazole rings is 1. The molecule has 0 bridgehead atoms. The molecule has 0 amide bonds. The van der Waals surface area contributed by atoms with Gasteiger partial charge in [0.1, 0.15) is 28.5 Å². The first-order valence-electron chi connectivity index (χ1n) is 8.27. The van der Waals surface area contributed by atoms with Crippen LogP contribution in [0.15, 0.2) is 58.8 Å². The van der Waals surface area contributed by atoms with Crippen molar-refractivity contribution in [2.45, 2.75) is 0 Å². The largest absolute Gasteiger partial charge is 0.437 e. The first kappa shape index (κ1) is 15.4. The third kappa shape index (κ3) is 2.25. The predicted octanol–water partition coefficient (Wildman–Crippen LogP) is 3.09. The van der Waals surface area contributed by atoms with Gasteiger partial charge in [0, 0.05) is 31.1 Å². The average molecular weight is 356 g/mol. The second kappa shape index (κ2) is 5.57. The van der Waals surface area contributed by atoms with E-state index in [1.165, 1.54) is 18.5 Å². The number of fused-ring (bicyclic) bond motifs is 2. The fourth-order valence-corrected chi connectivity index (χ4v) is 3.21. The summed E-state index contributed by atoms with van der Waals surface area (Å²) < 4.78 is 7.66. The van der Waals surface area contributed by atoms with Crippen LogP contribution < -0.4 is 0 Å². The number of aryl methyl sites for hydroxylation is 1. The molecular formula is C20H12N4O3. The van der Waals surface area contributed by atoms with E-state index in [-0.39, 0.29) is 17.0 Å². The monoisotopic (exact) mass is 356 g/mol. The predicted molar refractivity (Wildman–Crippen MR) is 97.1 cm³/mol. The lowest BCUT2D eigenvalue weighted by Crippen LogP contribution is -2.00. The average Bonchev–Trinajstić information content (AvgIpc) is 3.31. The second-order valence-electron chi connectivity index (χ2n) is 6.17. The number of carbonyl (C=O) groups is 2. The lowest BCUT2D eigenvalue weighted by Gasteiger charge is -2.00. The Morgan fingerprint density at radius 1 is 1.00 bits per heavy atom. The van der Waals surface area contributed by atoms with Crippen LogP contribution in [0.2, 0.25) is 0 Å². The molecule has 0 fully saturated rings. The summed E-state index contributed by atoms with van der Waals surface area (Å²) in [5.41, 5.74) is 2.34. The molecule has 3 aromatic heterocycles. The summed E-state index contributed by atoms with van der Waals surface area (Å²) in [5, 5.41) is 0. The van der Waals surface area contributed by atoms with Crippen molar-refractivity contribution in [3.63, 3.8) is 0 Å². The Balaban J connectivity index is 1.57. The van der Waals surface area contributed by atoms with Crippen molar-refractivity contribution in [2.75, 3.05) is 0 Å². The van der Waals surface area contributed by atoms with Gasteiger partial charge in [-0.25, -0.2) is 9.97 Å². The summed E-state index contributed by atoms with van der Waals surface area (Å²) in [5.74, 6) is 0.271. The van der Waals surface area contributed by atoms with Gasteiger partial charge in [0.15, 0.2) is 0 Å². The zero-order chi connectivity index (χ0) is 18.5. The highest BCUT2D eigenvalue weighted by molar-refractivity contribution is 6.40. The number of furan rings is 1. The van der Waals surface area contributed by atoms with Crippen LogP contribution in [0.1, 0.15) is 26.7 Å². The fraction of sp³-hybridized carbons (Fsp3) is 0.0500. The number of allylic oxidation sites excluding steroid dienone is 1. The van der Waals surface area contributed by atoms with Crippen LogP contribution in [0, 0.1) is 0 Å². The number of aromatic nitrogens is 4. The number of benzene rings is 1. The van der Waals surface area contributed by atoms with Crippen LogP contribution >= 0.6 is 0 Å². The Kier molecular flexibility index (Phi) is 3.17. The lowest BCUT2D eigenvalue weighted by molar-refractivity contribution is 0.0987. The van der Waals surface area contributed by atoms with E-state index in [1.54, 1.807) is 6.07 Å². The van der Waals surface area contributed by atoms with Gasteiger partial charge in [-0.1, -0.05) is 30.3 Å². The van der Waals surface area contributed by atoms with Crippen LogP contribution in [0.25, 0.3) is 28.7 Å². The van der Waals surface area contributed by atoms with Gasteiger partial charge >= 0.3 is 0 Å². The minimum atomic E-state index is -0.443. The summed E-state index contributed by atoms with van der Waals surface area (Å²) in [6.07, 6.45) is 4.21. The summed E-state index contributed by atoms with van der Waals surface area (Å²) >= 11 is 0. The van der Waals surface area contributed by atoms with E-state index in [9.17, 15) is 9.59 Å². The smallest absolute Gasteiger partial charge is 0.245 e. The molecule has 5 rings (SSSR count). The third-order valence-electron chi connectivity index (χ3n) is 4.54. The highest BCUT2D eigenvalue weighted by Crippen LogP contribution is 2.29. The van der Waals surface area contributed by atoms with Gasteiger partial charge in [0.2, 0.25) is 17.3 Å². The summed E-state index contributed by atoms with van der Waals surface area (Å²) in [4.78, 5) is 37.3. The van der Waals surface area contributed by atoms with Crippen molar-refractivity contribution in [2.24, 2.45) is 7.05 Å². The number of hydrogen-bond donors (Lipinski definition) is 0. The third-order valence-corrected chi connectivity index (χ3v) is 4.54. The minimum Gasteiger partial charge on any atom is -0.437 e. The molecule has 0 spiro atoms. The molecule has 1 aliphatic carbocycles. The summed E-state index contributed by atoms with van der Waals surface area (Å²) in [6.45, 7) is 0. The molecule has 0 radical (unpaired) electrons. The molecule has 1 aliphatic rings. The van der Waals surface area contributed by atoms with Gasteiger partial charge < -0.3 is 8.98 Å². The van der Waals surface area contributed by atoms with Crippen LogP contribution in [0.4, 0.5) is 0 Å². The second-order valence-corrected chi connectivity index (χ2v) is 6.17. The van der Waals surface area contributed by atoms with Crippen LogP contribution in [-0.4, -0.2) is 31.1 Å². The van der Waals surface area contributed by atoms with E-state index in [1.807, 2.05) is 41.9 Å². The fourth-order valence-electron chi connectivity index (χ4n) is 3.21. The number of ketones is 2. The number of carbonyl (C=O) groups excluding carboxylic acids is 2. The van der Waals surface area contributed by atoms with Gasteiger partial charge in [-0.15, -0.1) is 0 Å². The molecule has 0 N–H and O–H groups in total. The molecule has 1 aromatic carbocycles.